The Hall–Kier alpha value is -13.8. The van der Waals surface area contributed by atoms with Gasteiger partial charge in [-0.05, 0) is 245 Å². The Bertz CT molecular complexity index is 7300. The van der Waals surface area contributed by atoms with Crippen molar-refractivity contribution in [1.29, 1.82) is 0 Å². The molecular formula is C104H66N2O2S2. The van der Waals surface area contributed by atoms with Gasteiger partial charge in [0.05, 0.1) is 11.4 Å². The average molecular weight is 1440 g/mol. The molecule has 0 saturated carbocycles. The van der Waals surface area contributed by atoms with Crippen LogP contribution in [-0.4, -0.2) is 0 Å². The zero-order valence-electron chi connectivity index (χ0n) is 59.6. The molecule has 3 aromatic heterocycles. The number of furan rings is 2. The highest BCUT2D eigenvalue weighted by Crippen LogP contribution is 2.64. The van der Waals surface area contributed by atoms with Gasteiger partial charge in [0, 0.05) is 85.4 Å². The van der Waals surface area contributed by atoms with Crippen LogP contribution in [0.25, 0.3) is 163 Å². The van der Waals surface area contributed by atoms with E-state index in [9.17, 15) is 0 Å². The predicted octanol–water partition coefficient (Wildman–Crippen LogP) is 30.6. The van der Waals surface area contributed by atoms with Crippen molar-refractivity contribution in [2.45, 2.75) is 14.7 Å². The highest BCUT2D eigenvalue weighted by atomic mass is 32.2. The van der Waals surface area contributed by atoms with Crippen LogP contribution in [0.5, 0.6) is 0 Å². The van der Waals surface area contributed by atoms with Gasteiger partial charge < -0.3 is 18.6 Å². The van der Waals surface area contributed by atoms with Crippen molar-refractivity contribution in [2.75, 3.05) is 9.80 Å². The summed E-state index contributed by atoms with van der Waals surface area (Å²) >= 11 is 1.86. The minimum absolute atomic E-state index is 0.851. The molecule has 1 atom stereocenters. The van der Waals surface area contributed by atoms with Crippen molar-refractivity contribution in [3.05, 3.63) is 394 Å². The number of thiophene rings is 1. The molecule has 0 radical (unpaired) electrons. The van der Waals surface area contributed by atoms with Gasteiger partial charge in [-0.25, -0.2) is 0 Å². The molecule has 1 aliphatic heterocycles. The van der Waals surface area contributed by atoms with Crippen LogP contribution in [0.4, 0.5) is 34.1 Å². The van der Waals surface area contributed by atoms with E-state index in [4.69, 9.17) is 8.83 Å². The normalized spacial score (nSPS) is 13.0. The zero-order valence-corrected chi connectivity index (χ0v) is 61.3. The molecule has 4 heterocycles. The molecule has 1 unspecified atom stereocenters. The highest BCUT2D eigenvalue weighted by molar-refractivity contribution is 8.17. The van der Waals surface area contributed by atoms with Crippen molar-refractivity contribution in [1.82, 2.24) is 0 Å². The lowest BCUT2D eigenvalue weighted by Gasteiger charge is -2.30. The largest absolute Gasteiger partial charge is 0.456 e. The van der Waals surface area contributed by atoms with Crippen LogP contribution in [0.3, 0.4) is 0 Å². The fourth-order valence-electron chi connectivity index (χ4n) is 17.1. The fraction of sp³-hybridized carbons (Fsp3) is 0. The van der Waals surface area contributed by atoms with E-state index in [1.807, 2.05) is 17.4 Å². The van der Waals surface area contributed by atoms with E-state index in [0.29, 0.717) is 0 Å². The van der Waals surface area contributed by atoms with Crippen LogP contribution in [0, 0.1) is 0 Å². The van der Waals surface area contributed by atoms with Crippen LogP contribution in [0.15, 0.2) is 418 Å². The molecule has 18 aromatic carbocycles. The summed E-state index contributed by atoms with van der Waals surface area (Å²) in [6.45, 7) is 0. The second kappa shape index (κ2) is 26.0. The maximum absolute atomic E-state index is 6.80. The van der Waals surface area contributed by atoms with Crippen molar-refractivity contribution >= 4 is 142 Å². The summed E-state index contributed by atoms with van der Waals surface area (Å²) in [6.07, 6.45) is 0. The summed E-state index contributed by atoms with van der Waals surface area (Å²) in [5.41, 5.74) is 25.9. The molecule has 0 amide bonds. The van der Waals surface area contributed by atoms with Crippen LogP contribution in [0.1, 0.15) is 0 Å². The molecule has 110 heavy (non-hydrogen) atoms. The molecule has 21 aromatic rings. The first-order valence-electron chi connectivity index (χ1n) is 37.5. The first-order chi connectivity index (χ1) is 54.5. The van der Waals surface area contributed by atoms with Gasteiger partial charge >= 0.3 is 0 Å². The standard InChI is InChI=1S/C104H66N2O2S2/c1-3-22-68-56-73(46-44-66(68)20-1)70-24-15-28-79(58-70)105(94-38-10-5-32-84(94)77-48-52-88-86-33-6-11-39-96(86)107-98(88)63-77)80-29-17-26-72(60-80)75-50-55-103-93(62-75)90-35-9-14-43-102(90)110(103)83-51-54-95(92(65-83)78-49-53-89-87-34-7-12-40-97(87)108-99(89)64-78)106(81-30-16-25-71(59-81)74-47-45-67-21-2-4-23-69(67)57-74)82-31-18-27-76(61-82)85-37-19-42-101-104(85)91-36-8-13-41-100(91)109-101/h1-65,110H. The Kier molecular flexibility index (Phi) is 15.0. The van der Waals surface area contributed by atoms with Crippen LogP contribution in [-0.2, 0) is 0 Å². The van der Waals surface area contributed by atoms with Crippen molar-refractivity contribution in [2.24, 2.45) is 0 Å². The lowest BCUT2D eigenvalue weighted by atomic mass is 9.97. The molecule has 0 saturated heterocycles. The number of nitrogens with zero attached hydrogens (tertiary/aromatic N) is 2. The topological polar surface area (TPSA) is 32.8 Å². The Morgan fingerprint density at radius 1 is 0.218 bits per heavy atom. The molecule has 6 heteroatoms. The van der Waals surface area contributed by atoms with Crippen LogP contribution < -0.4 is 9.80 Å². The molecule has 4 nitrogen and oxygen atoms in total. The number of thiol groups is 1. The lowest BCUT2D eigenvalue weighted by molar-refractivity contribution is 0.668. The van der Waals surface area contributed by atoms with Gasteiger partial charge in [0.25, 0.3) is 0 Å². The van der Waals surface area contributed by atoms with Crippen LogP contribution >= 0.6 is 22.2 Å². The van der Waals surface area contributed by atoms with Gasteiger partial charge in [0.1, 0.15) is 22.3 Å². The molecular weight excluding hydrogens is 1370 g/mol. The number of anilines is 6. The molecule has 22 rings (SSSR count). The quantitative estimate of drug-likeness (QED) is 0.117. The van der Waals surface area contributed by atoms with Gasteiger partial charge in [-0.1, -0.05) is 243 Å². The SMILES string of the molecule is c1cc(-c2ccc3c(c2)-c2ccccc2[SH]3c2ccc(N(c3cccc(-c4ccc5ccccc5c4)c3)c3cccc(-c4cccc5sc6ccccc6c45)c3)c(-c3ccc4c(c3)oc3ccccc34)c2)cc(N(c2cccc(-c3ccc4ccccc4c3)c2)c2ccccc2-c2ccc3c(c2)oc2ccccc23)c1. The maximum atomic E-state index is 6.80. The smallest absolute Gasteiger partial charge is 0.136 e. The van der Waals surface area contributed by atoms with Crippen molar-refractivity contribution < 1.29 is 8.83 Å². The molecule has 0 spiro atoms. The maximum Gasteiger partial charge on any atom is 0.136 e. The monoisotopic (exact) mass is 1440 g/mol. The number of fused-ring (bicyclic) bond motifs is 14. The van der Waals surface area contributed by atoms with Gasteiger partial charge in [0.2, 0.25) is 0 Å². The number of hydrogen-bond donors (Lipinski definition) is 1. The molecule has 0 fully saturated rings. The summed E-state index contributed by atoms with van der Waals surface area (Å²) in [7, 11) is -1.07. The van der Waals surface area contributed by atoms with E-state index in [0.717, 1.165) is 139 Å². The van der Waals surface area contributed by atoms with E-state index in [1.54, 1.807) is 0 Å². The van der Waals surface area contributed by atoms with E-state index in [-0.39, 0.29) is 0 Å². The van der Waals surface area contributed by atoms with Crippen molar-refractivity contribution in [3.8, 4) is 77.9 Å². The lowest BCUT2D eigenvalue weighted by Crippen LogP contribution is -2.12. The van der Waals surface area contributed by atoms with Gasteiger partial charge in [0.15, 0.2) is 0 Å². The van der Waals surface area contributed by atoms with E-state index < -0.39 is 10.9 Å². The summed E-state index contributed by atoms with van der Waals surface area (Å²) in [4.78, 5) is 8.87. The number of rotatable bonds is 13. The van der Waals surface area contributed by atoms with Crippen molar-refractivity contribution in [3.63, 3.8) is 0 Å². The third-order valence-corrected chi connectivity index (χ3v) is 26.0. The summed E-state index contributed by atoms with van der Waals surface area (Å²) in [5.74, 6) is 0. The minimum Gasteiger partial charge on any atom is -0.456 e. The van der Waals surface area contributed by atoms with Crippen LogP contribution in [0.2, 0.25) is 0 Å². The van der Waals surface area contributed by atoms with Gasteiger partial charge in [-0.15, -0.1) is 11.3 Å². The third-order valence-electron chi connectivity index (χ3n) is 22.3. The first kappa shape index (κ1) is 63.5. The molecule has 516 valence electrons. The van der Waals surface area contributed by atoms with E-state index in [1.165, 1.54) is 73.1 Å². The van der Waals surface area contributed by atoms with E-state index in [2.05, 4.69) is 398 Å². The average Bonchev–Trinajstić information content (AvgIpc) is 1.52. The molecule has 0 aliphatic carbocycles. The molecule has 0 N–H and O–H groups in total. The minimum atomic E-state index is -1.07. The molecule has 0 bridgehead atoms. The fourth-order valence-corrected chi connectivity index (χ4v) is 20.9. The Labute approximate surface area is 642 Å². The summed E-state index contributed by atoms with van der Waals surface area (Å²) in [6, 6.07) is 146. The highest BCUT2D eigenvalue weighted by Gasteiger charge is 2.31. The Balaban J connectivity index is 0.695. The summed E-state index contributed by atoms with van der Waals surface area (Å²) < 4.78 is 15.9. The van der Waals surface area contributed by atoms with Gasteiger partial charge in [-0.2, -0.15) is 10.9 Å². The predicted molar refractivity (Wildman–Crippen MR) is 467 cm³/mol. The zero-order chi connectivity index (χ0) is 72.3. The number of hydrogen-bond acceptors (Lipinski definition) is 5. The second-order valence-corrected chi connectivity index (χ2v) is 31.9. The Morgan fingerprint density at radius 2 is 0.636 bits per heavy atom. The second-order valence-electron chi connectivity index (χ2n) is 28.7. The summed E-state index contributed by atoms with van der Waals surface area (Å²) in [5, 5.41) is 11.8. The number of benzene rings is 18. The Morgan fingerprint density at radius 3 is 1.26 bits per heavy atom. The van der Waals surface area contributed by atoms with Gasteiger partial charge in [-0.3, -0.25) is 0 Å². The number of para-hydroxylation sites is 3. The first-order valence-corrected chi connectivity index (χ1v) is 39.6. The third kappa shape index (κ3) is 10.8. The molecule has 1 aliphatic rings. The van der Waals surface area contributed by atoms with E-state index >= 15 is 0 Å².